The summed E-state index contributed by atoms with van der Waals surface area (Å²) in [5.74, 6) is 0.753. The number of imide groups is 1. The number of piperidine rings is 1. The number of fused-ring (bicyclic) bond motifs is 1. The zero-order chi connectivity index (χ0) is 24.1. The summed E-state index contributed by atoms with van der Waals surface area (Å²) in [5, 5.41) is 0. The molecule has 7 heteroatoms. The van der Waals surface area contributed by atoms with E-state index in [1.165, 1.54) is 10.5 Å². The Hall–Kier alpha value is -3.19. The molecule has 0 aromatic heterocycles. The maximum atomic E-state index is 13.1. The fraction of sp³-hybridized carbons (Fsp3) is 0.444. The van der Waals surface area contributed by atoms with Crippen molar-refractivity contribution in [1.82, 2.24) is 9.80 Å². The van der Waals surface area contributed by atoms with Crippen molar-refractivity contribution in [2.24, 2.45) is 5.92 Å². The van der Waals surface area contributed by atoms with Gasteiger partial charge in [0.15, 0.2) is 0 Å². The van der Waals surface area contributed by atoms with E-state index in [4.69, 9.17) is 9.47 Å². The van der Waals surface area contributed by atoms with Crippen LogP contribution in [0.15, 0.2) is 42.5 Å². The van der Waals surface area contributed by atoms with Crippen molar-refractivity contribution in [1.29, 1.82) is 0 Å². The lowest BCUT2D eigenvalue weighted by molar-refractivity contribution is 0.0637. The Morgan fingerprint density at radius 1 is 0.971 bits per heavy atom. The van der Waals surface area contributed by atoms with Gasteiger partial charge in [-0.25, -0.2) is 0 Å². The minimum Gasteiger partial charge on any atom is -0.497 e. The van der Waals surface area contributed by atoms with Crippen LogP contribution in [0.4, 0.5) is 0 Å². The highest BCUT2D eigenvalue weighted by atomic mass is 16.5. The second-order valence-corrected chi connectivity index (χ2v) is 8.99. The normalized spacial score (nSPS) is 16.2. The Kier molecular flexibility index (Phi) is 7.63. The standard InChI is InChI=1S/C27H32N2O5/c1-33-17-3-14-29-26(31)23-11-8-21(18-24(23)27(29)32)25(30)28-15-12-20(13-16-28)5-4-19-6-9-22(34-2)10-7-19/h6-11,18,20H,3-5,12-17H2,1-2H3. The van der Waals surface area contributed by atoms with E-state index in [0.717, 1.165) is 31.4 Å². The minimum absolute atomic E-state index is 0.0745. The zero-order valence-electron chi connectivity index (χ0n) is 19.9. The molecule has 180 valence electrons. The van der Waals surface area contributed by atoms with Crippen LogP contribution in [0.25, 0.3) is 0 Å². The Morgan fingerprint density at radius 3 is 2.35 bits per heavy atom. The summed E-state index contributed by atoms with van der Waals surface area (Å²) in [6.45, 7) is 2.21. The summed E-state index contributed by atoms with van der Waals surface area (Å²) in [5.41, 5.74) is 2.46. The van der Waals surface area contributed by atoms with E-state index >= 15 is 0 Å². The van der Waals surface area contributed by atoms with Crippen LogP contribution >= 0.6 is 0 Å². The molecule has 34 heavy (non-hydrogen) atoms. The Morgan fingerprint density at radius 2 is 1.68 bits per heavy atom. The van der Waals surface area contributed by atoms with Crippen molar-refractivity contribution >= 4 is 17.7 Å². The number of methoxy groups -OCH3 is 2. The van der Waals surface area contributed by atoms with E-state index in [0.29, 0.717) is 55.3 Å². The molecule has 2 aromatic rings. The topological polar surface area (TPSA) is 76.2 Å². The second kappa shape index (κ2) is 10.8. The first-order chi connectivity index (χ1) is 16.5. The SMILES string of the molecule is COCCCN1C(=O)c2ccc(C(=O)N3CCC(CCc4ccc(OC)cc4)CC3)cc2C1=O. The molecule has 7 nitrogen and oxygen atoms in total. The lowest BCUT2D eigenvalue weighted by atomic mass is 9.90. The van der Waals surface area contributed by atoms with Crippen molar-refractivity contribution < 1.29 is 23.9 Å². The number of rotatable bonds is 9. The van der Waals surface area contributed by atoms with Gasteiger partial charge in [-0.1, -0.05) is 12.1 Å². The van der Waals surface area contributed by atoms with Gasteiger partial charge in [0.2, 0.25) is 0 Å². The van der Waals surface area contributed by atoms with Crippen LogP contribution in [-0.2, 0) is 11.2 Å². The number of hydrogen-bond acceptors (Lipinski definition) is 5. The van der Waals surface area contributed by atoms with Gasteiger partial charge < -0.3 is 14.4 Å². The Labute approximate surface area is 200 Å². The van der Waals surface area contributed by atoms with Gasteiger partial charge in [-0.05, 0) is 73.9 Å². The highest BCUT2D eigenvalue weighted by molar-refractivity contribution is 6.22. The van der Waals surface area contributed by atoms with Crippen LogP contribution in [0.3, 0.4) is 0 Å². The summed E-state index contributed by atoms with van der Waals surface area (Å²) in [6.07, 6.45) is 4.64. The molecular weight excluding hydrogens is 432 g/mol. The molecule has 2 heterocycles. The number of ether oxygens (including phenoxy) is 2. The molecule has 0 unspecified atom stereocenters. The molecule has 0 saturated carbocycles. The Bertz CT molecular complexity index is 1040. The molecule has 2 aromatic carbocycles. The summed E-state index contributed by atoms with van der Waals surface area (Å²) in [4.78, 5) is 41.6. The van der Waals surface area contributed by atoms with Crippen molar-refractivity contribution in [2.75, 3.05) is 40.5 Å². The van der Waals surface area contributed by atoms with Crippen molar-refractivity contribution in [2.45, 2.75) is 32.1 Å². The lowest BCUT2D eigenvalue weighted by Crippen LogP contribution is -2.38. The number of likely N-dealkylation sites (tertiary alicyclic amines) is 1. The first kappa shape index (κ1) is 24.0. The monoisotopic (exact) mass is 464 g/mol. The fourth-order valence-corrected chi connectivity index (χ4v) is 4.76. The van der Waals surface area contributed by atoms with Gasteiger partial charge in [0.1, 0.15) is 5.75 Å². The minimum atomic E-state index is -0.331. The number of carbonyl (C=O) groups excluding carboxylic acids is 3. The van der Waals surface area contributed by atoms with Crippen molar-refractivity contribution in [3.63, 3.8) is 0 Å². The van der Waals surface area contributed by atoms with Gasteiger partial charge in [-0.15, -0.1) is 0 Å². The number of hydrogen-bond donors (Lipinski definition) is 0. The number of amides is 3. The molecule has 4 rings (SSSR count). The molecule has 0 aliphatic carbocycles. The summed E-state index contributed by atoms with van der Waals surface area (Å²) in [7, 11) is 3.26. The van der Waals surface area contributed by atoms with E-state index < -0.39 is 0 Å². The van der Waals surface area contributed by atoms with E-state index in [2.05, 4.69) is 12.1 Å². The third kappa shape index (κ3) is 5.14. The molecule has 1 saturated heterocycles. The number of aryl methyl sites for hydroxylation is 1. The molecule has 3 amide bonds. The quantitative estimate of drug-likeness (QED) is 0.417. The van der Waals surface area contributed by atoms with Crippen LogP contribution in [0, 0.1) is 5.92 Å². The lowest BCUT2D eigenvalue weighted by Gasteiger charge is -2.32. The molecule has 0 N–H and O–H groups in total. The summed E-state index contributed by atoms with van der Waals surface area (Å²) < 4.78 is 10.2. The zero-order valence-corrected chi connectivity index (χ0v) is 19.9. The third-order valence-corrected chi connectivity index (χ3v) is 6.85. The summed E-state index contributed by atoms with van der Waals surface area (Å²) in [6, 6.07) is 13.1. The van der Waals surface area contributed by atoms with Crippen LogP contribution in [-0.4, -0.2) is 68.0 Å². The van der Waals surface area contributed by atoms with E-state index in [-0.39, 0.29) is 17.7 Å². The first-order valence-corrected chi connectivity index (χ1v) is 11.9. The first-order valence-electron chi connectivity index (χ1n) is 11.9. The molecule has 0 atom stereocenters. The highest BCUT2D eigenvalue weighted by Crippen LogP contribution is 2.27. The second-order valence-electron chi connectivity index (χ2n) is 8.99. The van der Waals surface area contributed by atoms with Gasteiger partial charge in [0.25, 0.3) is 17.7 Å². The molecule has 0 bridgehead atoms. The Balaban J connectivity index is 1.31. The number of carbonyl (C=O) groups is 3. The molecule has 0 spiro atoms. The third-order valence-electron chi connectivity index (χ3n) is 6.85. The highest BCUT2D eigenvalue weighted by Gasteiger charge is 2.36. The van der Waals surface area contributed by atoms with E-state index in [1.807, 2.05) is 17.0 Å². The van der Waals surface area contributed by atoms with Gasteiger partial charge in [0.05, 0.1) is 18.2 Å². The van der Waals surface area contributed by atoms with E-state index in [1.54, 1.807) is 32.4 Å². The summed E-state index contributed by atoms with van der Waals surface area (Å²) >= 11 is 0. The predicted molar refractivity (Wildman–Crippen MR) is 128 cm³/mol. The maximum absolute atomic E-state index is 13.1. The van der Waals surface area contributed by atoms with Gasteiger partial charge in [-0.3, -0.25) is 19.3 Å². The van der Waals surface area contributed by atoms with Gasteiger partial charge in [-0.2, -0.15) is 0 Å². The van der Waals surface area contributed by atoms with Crippen molar-refractivity contribution in [3.8, 4) is 5.75 Å². The van der Waals surface area contributed by atoms with Crippen LogP contribution in [0.1, 0.15) is 62.3 Å². The smallest absolute Gasteiger partial charge is 0.261 e. The average molecular weight is 465 g/mol. The molecule has 1 fully saturated rings. The molecular formula is C27H32N2O5. The van der Waals surface area contributed by atoms with Gasteiger partial charge >= 0.3 is 0 Å². The molecule has 0 radical (unpaired) electrons. The predicted octanol–water partition coefficient (Wildman–Crippen LogP) is 3.81. The van der Waals surface area contributed by atoms with E-state index in [9.17, 15) is 14.4 Å². The number of nitrogens with zero attached hydrogens (tertiary/aromatic N) is 2. The van der Waals surface area contributed by atoms with Gasteiger partial charge in [0, 0.05) is 38.9 Å². The van der Waals surface area contributed by atoms with Crippen LogP contribution in [0.5, 0.6) is 5.75 Å². The van der Waals surface area contributed by atoms with Crippen LogP contribution < -0.4 is 4.74 Å². The van der Waals surface area contributed by atoms with Crippen LogP contribution in [0.2, 0.25) is 0 Å². The number of benzene rings is 2. The maximum Gasteiger partial charge on any atom is 0.261 e. The average Bonchev–Trinajstić information content (AvgIpc) is 3.12. The largest absolute Gasteiger partial charge is 0.497 e. The van der Waals surface area contributed by atoms with Crippen molar-refractivity contribution in [3.05, 3.63) is 64.7 Å². The molecule has 2 aliphatic heterocycles. The molecule has 2 aliphatic rings. The fourth-order valence-electron chi connectivity index (χ4n) is 4.76.